The van der Waals surface area contributed by atoms with Crippen LogP contribution in [0.1, 0.15) is 11.1 Å². The number of nitrogens with two attached hydrogens (primary N) is 1. The number of benzene rings is 2. The molecule has 138 valence electrons. The van der Waals surface area contributed by atoms with Gasteiger partial charge in [0.05, 0.1) is 23.9 Å². The first-order valence-electron chi connectivity index (χ1n) is 7.49. The summed E-state index contributed by atoms with van der Waals surface area (Å²) in [6.07, 6.45) is 3.09. The fourth-order valence-electron chi connectivity index (χ4n) is 2.34. The largest absolute Gasteiger partial charge is 0.380 e. The van der Waals surface area contributed by atoms with Crippen molar-refractivity contribution in [3.05, 3.63) is 70.7 Å². The number of anilines is 1. The molecule has 0 amide bonds. The van der Waals surface area contributed by atoms with Gasteiger partial charge in [0.15, 0.2) is 0 Å². The van der Waals surface area contributed by atoms with Crippen molar-refractivity contribution in [2.75, 3.05) is 5.01 Å². The van der Waals surface area contributed by atoms with Gasteiger partial charge in [-0.05, 0) is 42.0 Å². The minimum absolute atomic E-state index is 0.0994. The molecule has 0 bridgehead atoms. The third-order valence-electron chi connectivity index (χ3n) is 3.54. The lowest BCUT2D eigenvalue weighted by atomic mass is 10.2. The van der Waals surface area contributed by atoms with Crippen LogP contribution in [0.15, 0.2) is 59.6 Å². The van der Waals surface area contributed by atoms with Crippen LogP contribution in [0.2, 0.25) is 0 Å². The topological polar surface area (TPSA) is 127 Å². The van der Waals surface area contributed by atoms with Gasteiger partial charge in [0.1, 0.15) is 18.4 Å². The Kier molecular flexibility index (Phi) is 5.41. The van der Waals surface area contributed by atoms with Crippen LogP contribution < -0.4 is 14.3 Å². The summed E-state index contributed by atoms with van der Waals surface area (Å²) in [4.78, 5) is 0. The van der Waals surface area contributed by atoms with E-state index in [0.717, 1.165) is 11.3 Å². The van der Waals surface area contributed by atoms with Crippen molar-refractivity contribution in [3.8, 4) is 11.8 Å². The van der Waals surface area contributed by atoms with Gasteiger partial charge < -0.3 is 4.18 Å². The highest BCUT2D eigenvalue weighted by molar-refractivity contribution is 9.10. The summed E-state index contributed by atoms with van der Waals surface area (Å²) in [5.41, 5.74) is 2.20. The van der Waals surface area contributed by atoms with Crippen molar-refractivity contribution in [3.63, 3.8) is 0 Å². The number of nitriles is 1. The first-order chi connectivity index (χ1) is 12.9. The number of nitrogens with zero attached hydrogens (tertiary/aromatic N) is 5. The Balaban J connectivity index is 1.92. The van der Waals surface area contributed by atoms with Crippen molar-refractivity contribution in [2.45, 2.75) is 6.54 Å². The van der Waals surface area contributed by atoms with Crippen LogP contribution in [0.5, 0.6) is 5.75 Å². The quantitative estimate of drug-likeness (QED) is 0.610. The number of aromatic nitrogens is 3. The first-order valence-corrected chi connectivity index (χ1v) is 9.75. The van der Waals surface area contributed by atoms with Gasteiger partial charge >= 0.3 is 10.3 Å². The van der Waals surface area contributed by atoms with Gasteiger partial charge in [-0.1, -0.05) is 22.0 Å². The molecule has 0 aliphatic rings. The zero-order valence-electron chi connectivity index (χ0n) is 13.7. The van der Waals surface area contributed by atoms with Crippen LogP contribution in [-0.4, -0.2) is 23.3 Å². The summed E-state index contributed by atoms with van der Waals surface area (Å²) in [7, 11) is -4.09. The molecular formula is C16H13BrN6O3S. The molecule has 3 aromatic rings. The molecule has 3 rings (SSSR count). The lowest BCUT2D eigenvalue weighted by molar-refractivity contribution is 0.487. The highest BCUT2D eigenvalue weighted by Crippen LogP contribution is 2.27. The molecule has 0 aliphatic carbocycles. The normalized spacial score (nSPS) is 11.0. The Bertz CT molecular complexity index is 1080. The Morgan fingerprint density at radius 2 is 1.85 bits per heavy atom. The minimum Gasteiger partial charge on any atom is -0.371 e. The highest BCUT2D eigenvalue weighted by Gasteiger charge is 2.14. The molecule has 27 heavy (non-hydrogen) atoms. The predicted octanol–water partition coefficient (Wildman–Crippen LogP) is 1.96. The molecule has 0 fully saturated rings. The molecule has 11 heteroatoms. The van der Waals surface area contributed by atoms with E-state index >= 15 is 0 Å². The van der Waals surface area contributed by atoms with E-state index in [1.54, 1.807) is 35.5 Å². The first kappa shape index (κ1) is 18.8. The maximum Gasteiger partial charge on any atom is 0.380 e. The average molecular weight is 449 g/mol. The fourth-order valence-corrected chi connectivity index (χ4v) is 3.19. The number of hydrogen-bond donors (Lipinski definition) is 1. The van der Waals surface area contributed by atoms with E-state index in [2.05, 4.69) is 36.4 Å². The van der Waals surface area contributed by atoms with E-state index < -0.39 is 10.3 Å². The van der Waals surface area contributed by atoms with Gasteiger partial charge in [0.25, 0.3) is 0 Å². The summed E-state index contributed by atoms with van der Waals surface area (Å²) in [5, 5.41) is 23.4. The molecular weight excluding hydrogens is 436 g/mol. The Morgan fingerprint density at radius 3 is 2.41 bits per heavy atom. The fraction of sp³-hybridized carbons (Fsp3) is 0.0625. The van der Waals surface area contributed by atoms with Crippen molar-refractivity contribution >= 4 is 31.9 Å². The standard InChI is InChI=1S/C16H13BrN6O3S/c17-16-7-15(26-27(19,24)25)6-3-13(16)9-23(22-10-20-21-11-22)14-4-1-12(8-18)2-5-14/h1-7,10-11H,9H2,(H2,19,24,25). The Labute approximate surface area is 164 Å². The van der Waals surface area contributed by atoms with Crippen LogP contribution in [0, 0.1) is 11.3 Å². The molecule has 0 radical (unpaired) electrons. The highest BCUT2D eigenvalue weighted by atomic mass is 79.9. The van der Waals surface area contributed by atoms with Crippen LogP contribution in [0.25, 0.3) is 0 Å². The number of halogens is 1. The van der Waals surface area contributed by atoms with E-state index in [0.29, 0.717) is 16.6 Å². The zero-order valence-corrected chi connectivity index (χ0v) is 16.1. The average Bonchev–Trinajstić information content (AvgIpc) is 3.14. The van der Waals surface area contributed by atoms with E-state index in [9.17, 15) is 8.42 Å². The summed E-state index contributed by atoms with van der Waals surface area (Å²) < 4.78 is 29.1. The van der Waals surface area contributed by atoms with Gasteiger partial charge in [0, 0.05) is 4.47 Å². The molecule has 0 saturated heterocycles. The van der Waals surface area contributed by atoms with Gasteiger partial charge in [-0.2, -0.15) is 18.8 Å². The minimum atomic E-state index is -4.09. The lowest BCUT2D eigenvalue weighted by Crippen LogP contribution is -2.28. The number of hydrogen-bond acceptors (Lipinski definition) is 7. The third kappa shape index (κ3) is 4.82. The van der Waals surface area contributed by atoms with E-state index in [1.807, 2.05) is 17.1 Å². The van der Waals surface area contributed by atoms with Crippen molar-refractivity contribution < 1.29 is 12.6 Å². The molecule has 1 aromatic heterocycles. The molecule has 0 unspecified atom stereocenters. The molecule has 2 aromatic carbocycles. The number of rotatable bonds is 6. The molecule has 1 heterocycles. The Hall–Kier alpha value is -2.94. The maximum atomic E-state index is 11.1. The van der Waals surface area contributed by atoms with Crippen molar-refractivity contribution in [1.82, 2.24) is 14.9 Å². The molecule has 0 aliphatic heterocycles. The smallest absolute Gasteiger partial charge is 0.371 e. The summed E-state index contributed by atoms with van der Waals surface area (Å²) in [6, 6.07) is 13.9. The van der Waals surface area contributed by atoms with Crippen molar-refractivity contribution in [2.24, 2.45) is 5.14 Å². The SMILES string of the molecule is N#Cc1ccc(N(Cc2ccc(OS(N)(=O)=O)cc2Br)n2cnnc2)cc1. The zero-order chi connectivity index (χ0) is 19.4. The van der Waals surface area contributed by atoms with Crippen LogP contribution in [0.4, 0.5) is 5.69 Å². The summed E-state index contributed by atoms with van der Waals surface area (Å²) in [6.45, 7) is 0.403. The van der Waals surface area contributed by atoms with E-state index in [1.165, 1.54) is 12.1 Å². The summed E-state index contributed by atoms with van der Waals surface area (Å²) in [5.74, 6) is 0.0994. The van der Waals surface area contributed by atoms with Gasteiger partial charge in [-0.3, -0.25) is 5.01 Å². The predicted molar refractivity (Wildman–Crippen MR) is 101 cm³/mol. The van der Waals surface area contributed by atoms with Crippen LogP contribution in [-0.2, 0) is 16.8 Å². The van der Waals surface area contributed by atoms with E-state index in [-0.39, 0.29) is 5.75 Å². The second kappa shape index (κ2) is 7.75. The molecule has 0 saturated carbocycles. The molecule has 9 nitrogen and oxygen atoms in total. The Morgan fingerprint density at radius 1 is 1.19 bits per heavy atom. The molecule has 0 spiro atoms. The molecule has 0 atom stereocenters. The van der Waals surface area contributed by atoms with Gasteiger partial charge in [-0.25, -0.2) is 4.68 Å². The summed E-state index contributed by atoms with van der Waals surface area (Å²) >= 11 is 3.42. The van der Waals surface area contributed by atoms with Crippen LogP contribution >= 0.6 is 15.9 Å². The third-order valence-corrected chi connectivity index (χ3v) is 4.70. The lowest BCUT2D eigenvalue weighted by Gasteiger charge is -2.25. The van der Waals surface area contributed by atoms with E-state index in [4.69, 9.17) is 10.4 Å². The van der Waals surface area contributed by atoms with Gasteiger partial charge in [0.2, 0.25) is 0 Å². The van der Waals surface area contributed by atoms with Gasteiger partial charge in [-0.15, -0.1) is 10.2 Å². The molecule has 2 N–H and O–H groups in total. The maximum absolute atomic E-state index is 11.1. The second-order valence-corrected chi connectivity index (χ2v) is 7.39. The van der Waals surface area contributed by atoms with Crippen LogP contribution in [0.3, 0.4) is 0 Å². The second-order valence-electron chi connectivity index (χ2n) is 5.39. The monoisotopic (exact) mass is 448 g/mol. The van der Waals surface area contributed by atoms with Crippen molar-refractivity contribution in [1.29, 1.82) is 5.26 Å².